The van der Waals surface area contributed by atoms with Gasteiger partial charge in [-0.05, 0) is 43.5 Å². The van der Waals surface area contributed by atoms with Gasteiger partial charge >= 0.3 is 0 Å². The van der Waals surface area contributed by atoms with Gasteiger partial charge in [0.2, 0.25) is 0 Å². The van der Waals surface area contributed by atoms with Crippen LogP contribution in [0.15, 0.2) is 24.3 Å². The van der Waals surface area contributed by atoms with Gasteiger partial charge in [-0.2, -0.15) is 0 Å². The van der Waals surface area contributed by atoms with Crippen LogP contribution in [0.5, 0.6) is 0 Å². The predicted molar refractivity (Wildman–Crippen MR) is 78.1 cm³/mol. The van der Waals surface area contributed by atoms with Crippen LogP contribution in [0.3, 0.4) is 0 Å². The number of benzene rings is 1. The fraction of sp³-hybridized carbons (Fsp3) is 0.438. The van der Waals surface area contributed by atoms with E-state index in [-0.39, 0.29) is 18.6 Å². The summed E-state index contributed by atoms with van der Waals surface area (Å²) in [7, 11) is 0. The lowest BCUT2D eigenvalue weighted by molar-refractivity contribution is 0.0526. The van der Waals surface area contributed by atoms with Crippen molar-refractivity contribution in [2.75, 3.05) is 19.7 Å². The van der Waals surface area contributed by atoms with Gasteiger partial charge in [0.25, 0.3) is 5.91 Å². The second-order valence-electron chi connectivity index (χ2n) is 4.89. The van der Waals surface area contributed by atoms with Crippen LogP contribution in [0, 0.1) is 11.8 Å². The molecule has 0 spiro atoms. The number of aliphatic hydroxyl groups excluding tert-OH is 1. The second-order valence-corrected chi connectivity index (χ2v) is 4.89. The summed E-state index contributed by atoms with van der Waals surface area (Å²) < 4.78 is 0. The van der Waals surface area contributed by atoms with Gasteiger partial charge in [-0.25, -0.2) is 0 Å². The van der Waals surface area contributed by atoms with E-state index in [1.807, 2.05) is 12.1 Å². The quantitative estimate of drug-likeness (QED) is 0.803. The van der Waals surface area contributed by atoms with Crippen LogP contribution in [-0.2, 0) is 0 Å². The maximum Gasteiger partial charge on any atom is 0.254 e. The van der Waals surface area contributed by atoms with Crippen molar-refractivity contribution < 1.29 is 9.90 Å². The smallest absolute Gasteiger partial charge is 0.254 e. The third-order valence-electron chi connectivity index (χ3n) is 3.58. The zero-order chi connectivity index (χ0) is 14.4. The third-order valence-corrected chi connectivity index (χ3v) is 3.58. The highest BCUT2D eigenvalue weighted by Gasteiger charge is 2.28. The van der Waals surface area contributed by atoms with Gasteiger partial charge in [-0.1, -0.05) is 11.8 Å². The molecule has 4 nitrogen and oxygen atoms in total. The van der Waals surface area contributed by atoms with Gasteiger partial charge in [-0.15, -0.1) is 0 Å². The fourth-order valence-electron chi connectivity index (χ4n) is 2.27. The highest BCUT2D eigenvalue weighted by atomic mass is 16.3. The van der Waals surface area contributed by atoms with Crippen molar-refractivity contribution in [3.63, 3.8) is 0 Å². The molecule has 3 N–H and O–H groups in total. The molecule has 1 aliphatic carbocycles. The van der Waals surface area contributed by atoms with E-state index in [1.54, 1.807) is 17.0 Å². The van der Waals surface area contributed by atoms with Gasteiger partial charge in [-0.3, -0.25) is 4.79 Å². The lowest BCUT2D eigenvalue weighted by Crippen LogP contribution is -2.45. The number of rotatable bonds is 4. The first kappa shape index (κ1) is 14.6. The largest absolute Gasteiger partial charge is 0.395 e. The average Bonchev–Trinajstić information content (AvgIpc) is 2.42. The predicted octanol–water partition coefficient (Wildman–Crippen LogP) is 0.984. The monoisotopic (exact) mass is 272 g/mol. The lowest BCUT2D eigenvalue weighted by atomic mass is 9.91. The summed E-state index contributed by atoms with van der Waals surface area (Å²) in [5, 5.41) is 9.12. The molecule has 1 aromatic rings. The van der Waals surface area contributed by atoms with E-state index in [4.69, 9.17) is 10.8 Å². The Labute approximate surface area is 119 Å². The molecule has 0 unspecified atom stereocenters. The fourth-order valence-corrected chi connectivity index (χ4v) is 2.27. The Morgan fingerprint density at radius 1 is 1.35 bits per heavy atom. The molecule has 0 radical (unpaired) electrons. The minimum atomic E-state index is -0.0120. The molecule has 0 aliphatic heterocycles. The van der Waals surface area contributed by atoms with Gasteiger partial charge < -0.3 is 15.7 Å². The van der Waals surface area contributed by atoms with Crippen molar-refractivity contribution in [2.45, 2.75) is 25.3 Å². The van der Waals surface area contributed by atoms with E-state index < -0.39 is 0 Å². The molecular weight excluding hydrogens is 252 g/mol. The number of hydrogen-bond acceptors (Lipinski definition) is 3. The molecule has 1 fully saturated rings. The van der Waals surface area contributed by atoms with Gasteiger partial charge in [0.1, 0.15) is 0 Å². The first-order valence-corrected chi connectivity index (χ1v) is 6.97. The first-order chi connectivity index (χ1) is 9.76. The zero-order valence-corrected chi connectivity index (χ0v) is 11.5. The van der Waals surface area contributed by atoms with E-state index >= 15 is 0 Å². The van der Waals surface area contributed by atoms with Gasteiger partial charge in [0.15, 0.2) is 0 Å². The molecule has 4 heteroatoms. The maximum absolute atomic E-state index is 12.5. The number of hydrogen-bond donors (Lipinski definition) is 2. The topological polar surface area (TPSA) is 66.6 Å². The Morgan fingerprint density at radius 2 is 2.05 bits per heavy atom. The van der Waals surface area contributed by atoms with Crippen LogP contribution < -0.4 is 5.73 Å². The lowest BCUT2D eigenvalue weighted by Gasteiger charge is -2.37. The summed E-state index contributed by atoms with van der Waals surface area (Å²) in [6.45, 7) is 0.729. The van der Waals surface area contributed by atoms with Crippen LogP contribution in [0.4, 0.5) is 0 Å². The molecule has 0 atom stereocenters. The summed E-state index contributed by atoms with van der Waals surface area (Å²) in [6.07, 6.45) is 3.23. The number of carbonyl (C=O) groups excluding carboxylic acids is 1. The molecule has 20 heavy (non-hydrogen) atoms. The van der Waals surface area contributed by atoms with Crippen LogP contribution >= 0.6 is 0 Å². The molecule has 0 saturated heterocycles. The first-order valence-electron chi connectivity index (χ1n) is 6.97. The highest BCUT2D eigenvalue weighted by molar-refractivity contribution is 5.94. The molecule has 2 rings (SSSR count). The Bertz CT molecular complexity index is 510. The number of carbonyl (C=O) groups is 1. The molecule has 0 bridgehead atoms. The zero-order valence-electron chi connectivity index (χ0n) is 11.5. The normalized spacial score (nSPS) is 14.1. The molecule has 1 saturated carbocycles. The van der Waals surface area contributed by atoms with E-state index in [9.17, 15) is 4.79 Å². The minimum absolute atomic E-state index is 0.00228. The van der Waals surface area contributed by atoms with E-state index in [2.05, 4.69) is 11.8 Å². The van der Waals surface area contributed by atoms with Crippen LogP contribution in [0.25, 0.3) is 0 Å². The highest BCUT2D eigenvalue weighted by Crippen LogP contribution is 2.26. The number of nitrogens with two attached hydrogens (primary N) is 1. The molecule has 0 heterocycles. The van der Waals surface area contributed by atoms with Crippen molar-refractivity contribution >= 4 is 5.91 Å². The SMILES string of the molecule is NCC#Cc1ccc(C(=O)N(CCO)C2CCC2)cc1. The summed E-state index contributed by atoms with van der Waals surface area (Å²) >= 11 is 0. The molecule has 1 aliphatic rings. The van der Waals surface area contributed by atoms with E-state index in [1.165, 1.54) is 0 Å². The number of aliphatic hydroxyl groups is 1. The summed E-state index contributed by atoms with van der Waals surface area (Å²) in [6, 6.07) is 7.51. The van der Waals surface area contributed by atoms with Crippen molar-refractivity contribution in [3.05, 3.63) is 35.4 Å². The van der Waals surface area contributed by atoms with Gasteiger partial charge in [0.05, 0.1) is 13.2 Å². The average molecular weight is 272 g/mol. The van der Waals surface area contributed by atoms with Crippen molar-refractivity contribution in [1.82, 2.24) is 4.90 Å². The van der Waals surface area contributed by atoms with Crippen molar-refractivity contribution in [3.8, 4) is 11.8 Å². The Balaban J connectivity index is 2.10. The van der Waals surface area contributed by atoms with Crippen molar-refractivity contribution in [2.24, 2.45) is 5.73 Å². The molecule has 0 aromatic heterocycles. The minimum Gasteiger partial charge on any atom is -0.395 e. The molecule has 1 amide bonds. The van der Waals surface area contributed by atoms with Crippen LogP contribution in [-0.4, -0.2) is 41.7 Å². The Hall–Kier alpha value is -1.83. The van der Waals surface area contributed by atoms with Crippen LogP contribution in [0.1, 0.15) is 35.2 Å². The number of nitrogens with zero attached hydrogens (tertiary/aromatic N) is 1. The standard InChI is InChI=1S/C16H20N2O2/c17-10-2-3-13-6-8-14(9-7-13)16(20)18(11-12-19)15-4-1-5-15/h6-9,15,19H,1,4-5,10-12,17H2. The molecule has 106 valence electrons. The van der Waals surface area contributed by atoms with E-state index in [0.717, 1.165) is 24.8 Å². The van der Waals surface area contributed by atoms with Crippen LogP contribution in [0.2, 0.25) is 0 Å². The summed E-state index contributed by atoms with van der Waals surface area (Å²) in [5.74, 6) is 5.70. The molecule has 1 aromatic carbocycles. The number of amides is 1. The summed E-state index contributed by atoms with van der Waals surface area (Å²) in [5.41, 5.74) is 6.82. The Morgan fingerprint density at radius 3 is 2.55 bits per heavy atom. The van der Waals surface area contributed by atoms with Gasteiger partial charge in [0, 0.05) is 23.7 Å². The Kier molecular flexibility index (Phi) is 5.16. The second kappa shape index (κ2) is 7.09. The van der Waals surface area contributed by atoms with Crippen molar-refractivity contribution in [1.29, 1.82) is 0 Å². The molecular formula is C16H20N2O2. The summed E-state index contributed by atoms with van der Waals surface area (Å²) in [4.78, 5) is 14.2. The maximum atomic E-state index is 12.5. The van der Waals surface area contributed by atoms with E-state index in [0.29, 0.717) is 18.7 Å². The third kappa shape index (κ3) is 3.38.